The largest absolute Gasteiger partial charge is 0.345 e. The highest BCUT2D eigenvalue weighted by atomic mass is 32.1. The van der Waals surface area contributed by atoms with Crippen LogP contribution in [0.1, 0.15) is 30.3 Å². The number of aryl methyl sites for hydroxylation is 1. The van der Waals surface area contributed by atoms with Crippen LogP contribution in [0.15, 0.2) is 28.3 Å². The van der Waals surface area contributed by atoms with Crippen molar-refractivity contribution in [3.8, 4) is 21.8 Å². The van der Waals surface area contributed by atoms with Crippen LogP contribution in [0, 0.1) is 13.8 Å². The lowest BCUT2D eigenvalue weighted by Crippen LogP contribution is -1.98. The van der Waals surface area contributed by atoms with Crippen molar-refractivity contribution in [1.82, 2.24) is 9.55 Å². The fourth-order valence-corrected chi connectivity index (χ4v) is 4.38. The Bertz CT molecular complexity index is 746. The molecule has 1 aliphatic rings. The smallest absolute Gasteiger partial charge is 0.124 e. The van der Waals surface area contributed by atoms with Gasteiger partial charge in [-0.05, 0) is 44.2 Å². The van der Waals surface area contributed by atoms with Crippen molar-refractivity contribution < 1.29 is 0 Å². The Morgan fingerprint density at radius 1 is 1.25 bits per heavy atom. The van der Waals surface area contributed by atoms with Crippen LogP contribution in [0.25, 0.3) is 21.8 Å². The Labute approximate surface area is 126 Å². The molecule has 1 aliphatic carbocycles. The second-order valence-corrected chi connectivity index (χ2v) is 7.07. The zero-order valence-corrected chi connectivity index (χ0v) is 13.2. The van der Waals surface area contributed by atoms with Gasteiger partial charge in [0.05, 0.1) is 5.69 Å². The summed E-state index contributed by atoms with van der Waals surface area (Å²) in [5, 5.41) is 7.58. The molecule has 2 nitrogen and oxygen atoms in total. The molecule has 1 fully saturated rings. The summed E-state index contributed by atoms with van der Waals surface area (Å²) in [6, 6.07) is 5.17. The number of hydrogen-bond acceptors (Lipinski definition) is 3. The summed E-state index contributed by atoms with van der Waals surface area (Å²) < 4.78 is 2.49. The molecule has 3 heterocycles. The molecule has 0 saturated heterocycles. The van der Waals surface area contributed by atoms with E-state index in [-0.39, 0.29) is 0 Å². The van der Waals surface area contributed by atoms with Crippen molar-refractivity contribution in [2.24, 2.45) is 0 Å². The highest BCUT2D eigenvalue weighted by Gasteiger charge is 2.27. The molecule has 0 aromatic carbocycles. The van der Waals surface area contributed by atoms with Crippen LogP contribution in [-0.4, -0.2) is 9.55 Å². The molecule has 4 rings (SSSR count). The summed E-state index contributed by atoms with van der Waals surface area (Å²) in [6.45, 7) is 4.44. The van der Waals surface area contributed by atoms with Crippen LogP contribution in [-0.2, 0) is 0 Å². The van der Waals surface area contributed by atoms with E-state index in [0.29, 0.717) is 0 Å². The summed E-state index contributed by atoms with van der Waals surface area (Å²) in [6.07, 6.45) is 2.65. The SMILES string of the molecule is Cc1cc(-c2csc(-c3ccsc3)n2)c(C)n1C1CC1. The summed E-state index contributed by atoms with van der Waals surface area (Å²) in [5.74, 6) is 0. The van der Waals surface area contributed by atoms with E-state index >= 15 is 0 Å². The van der Waals surface area contributed by atoms with E-state index in [4.69, 9.17) is 4.98 Å². The number of aromatic nitrogens is 2. The van der Waals surface area contributed by atoms with E-state index in [1.807, 2.05) is 0 Å². The lowest BCUT2D eigenvalue weighted by atomic mass is 10.2. The van der Waals surface area contributed by atoms with Crippen molar-refractivity contribution in [1.29, 1.82) is 0 Å². The van der Waals surface area contributed by atoms with Gasteiger partial charge < -0.3 is 4.57 Å². The second-order valence-electron chi connectivity index (χ2n) is 5.44. The van der Waals surface area contributed by atoms with Gasteiger partial charge in [0.25, 0.3) is 0 Å². The van der Waals surface area contributed by atoms with E-state index in [9.17, 15) is 0 Å². The van der Waals surface area contributed by atoms with E-state index < -0.39 is 0 Å². The van der Waals surface area contributed by atoms with Gasteiger partial charge in [0.1, 0.15) is 5.01 Å². The average molecular weight is 300 g/mol. The number of nitrogens with zero attached hydrogens (tertiary/aromatic N) is 2. The lowest BCUT2D eigenvalue weighted by molar-refractivity contribution is 0.700. The van der Waals surface area contributed by atoms with Gasteiger partial charge in [0, 0.05) is 39.3 Å². The maximum atomic E-state index is 4.83. The fraction of sp³-hybridized carbons (Fsp3) is 0.312. The van der Waals surface area contributed by atoms with Crippen molar-refractivity contribution in [2.75, 3.05) is 0 Å². The number of rotatable bonds is 3. The number of hydrogen-bond donors (Lipinski definition) is 0. The topological polar surface area (TPSA) is 17.8 Å². The first-order chi connectivity index (χ1) is 9.74. The summed E-state index contributed by atoms with van der Waals surface area (Å²) in [4.78, 5) is 4.83. The lowest BCUT2D eigenvalue weighted by Gasteiger charge is -2.06. The summed E-state index contributed by atoms with van der Waals surface area (Å²) in [7, 11) is 0. The standard InChI is InChI=1S/C16H16N2S2/c1-10-7-14(11(2)18(10)13-3-4-13)15-9-20-16(17-15)12-5-6-19-8-12/h5-9,13H,3-4H2,1-2H3. The van der Waals surface area contributed by atoms with Crippen LogP contribution in [0.2, 0.25) is 0 Å². The van der Waals surface area contributed by atoms with E-state index in [1.54, 1.807) is 22.7 Å². The fourth-order valence-electron chi connectivity index (χ4n) is 2.85. The molecule has 1 saturated carbocycles. The van der Waals surface area contributed by atoms with Crippen LogP contribution < -0.4 is 0 Å². The minimum atomic E-state index is 0.735. The summed E-state index contributed by atoms with van der Waals surface area (Å²) >= 11 is 3.46. The Kier molecular flexibility index (Phi) is 2.82. The van der Waals surface area contributed by atoms with Gasteiger partial charge in [-0.3, -0.25) is 0 Å². The van der Waals surface area contributed by atoms with Crippen molar-refractivity contribution in [2.45, 2.75) is 32.7 Å². The molecule has 3 aromatic heterocycles. The molecule has 0 aliphatic heterocycles. The molecular formula is C16H16N2S2. The first-order valence-electron chi connectivity index (χ1n) is 6.91. The van der Waals surface area contributed by atoms with Crippen molar-refractivity contribution >= 4 is 22.7 Å². The van der Waals surface area contributed by atoms with Gasteiger partial charge >= 0.3 is 0 Å². The van der Waals surface area contributed by atoms with E-state index in [1.165, 1.54) is 35.4 Å². The van der Waals surface area contributed by atoms with Gasteiger partial charge in [-0.15, -0.1) is 11.3 Å². The summed E-state index contributed by atoms with van der Waals surface area (Å²) in [5.41, 5.74) is 6.39. The Morgan fingerprint density at radius 2 is 2.10 bits per heavy atom. The molecule has 0 bridgehead atoms. The van der Waals surface area contributed by atoms with Gasteiger partial charge in [-0.2, -0.15) is 11.3 Å². The van der Waals surface area contributed by atoms with Crippen LogP contribution in [0.4, 0.5) is 0 Å². The van der Waals surface area contributed by atoms with Gasteiger partial charge in [-0.1, -0.05) is 0 Å². The average Bonchev–Trinajstić information content (AvgIpc) is 2.89. The van der Waals surface area contributed by atoms with Crippen molar-refractivity contribution in [3.05, 3.63) is 39.7 Å². The maximum absolute atomic E-state index is 4.83. The third-order valence-electron chi connectivity index (χ3n) is 3.94. The quantitative estimate of drug-likeness (QED) is 0.642. The van der Waals surface area contributed by atoms with Gasteiger partial charge in [0.15, 0.2) is 0 Å². The molecular weight excluding hydrogens is 284 g/mol. The predicted molar refractivity (Wildman–Crippen MR) is 86.6 cm³/mol. The molecule has 102 valence electrons. The highest BCUT2D eigenvalue weighted by Crippen LogP contribution is 2.41. The third kappa shape index (κ3) is 1.95. The van der Waals surface area contributed by atoms with Crippen LogP contribution in [0.3, 0.4) is 0 Å². The predicted octanol–water partition coefficient (Wildman–Crippen LogP) is 5.29. The first-order valence-corrected chi connectivity index (χ1v) is 8.73. The minimum Gasteiger partial charge on any atom is -0.345 e. The van der Waals surface area contributed by atoms with E-state index in [0.717, 1.165) is 16.7 Å². The molecule has 0 unspecified atom stereocenters. The second kappa shape index (κ2) is 4.57. The van der Waals surface area contributed by atoms with Gasteiger partial charge in [-0.25, -0.2) is 4.98 Å². The Balaban J connectivity index is 1.76. The minimum absolute atomic E-state index is 0.735. The van der Waals surface area contributed by atoms with Gasteiger partial charge in [0.2, 0.25) is 0 Å². The van der Waals surface area contributed by atoms with E-state index in [2.05, 4.69) is 46.7 Å². The van der Waals surface area contributed by atoms with Crippen LogP contribution in [0.5, 0.6) is 0 Å². The molecule has 0 atom stereocenters. The zero-order valence-electron chi connectivity index (χ0n) is 11.6. The Morgan fingerprint density at radius 3 is 2.80 bits per heavy atom. The molecule has 0 radical (unpaired) electrons. The first kappa shape index (κ1) is 12.4. The highest BCUT2D eigenvalue weighted by molar-refractivity contribution is 7.14. The number of thiazole rings is 1. The normalized spacial score (nSPS) is 14.9. The zero-order chi connectivity index (χ0) is 13.7. The molecule has 3 aromatic rings. The monoisotopic (exact) mass is 300 g/mol. The molecule has 0 N–H and O–H groups in total. The number of thiophene rings is 1. The van der Waals surface area contributed by atoms with Crippen LogP contribution >= 0.6 is 22.7 Å². The molecule has 0 spiro atoms. The molecule has 4 heteroatoms. The third-order valence-corrected chi connectivity index (χ3v) is 5.52. The Hall–Kier alpha value is -1.39. The molecule has 20 heavy (non-hydrogen) atoms. The molecule has 0 amide bonds. The maximum Gasteiger partial charge on any atom is 0.124 e. The van der Waals surface area contributed by atoms with Crippen molar-refractivity contribution in [3.63, 3.8) is 0 Å².